The van der Waals surface area contributed by atoms with Crippen molar-refractivity contribution >= 4 is 5.97 Å². The van der Waals surface area contributed by atoms with Gasteiger partial charge in [-0.2, -0.15) is 0 Å². The largest absolute Gasteiger partial charge is 0.464 e. The van der Waals surface area contributed by atoms with Gasteiger partial charge in [0.1, 0.15) is 6.61 Å². The second-order valence-corrected chi connectivity index (χ2v) is 6.42. The number of unbranched alkanes of at least 4 members (excludes halogenated alkanes) is 1. The molecular formula is C15H28O3. The smallest absolute Gasteiger partial charge is 0.332 e. The molecule has 0 aromatic heterocycles. The van der Waals surface area contributed by atoms with Crippen molar-refractivity contribution in [2.75, 3.05) is 13.2 Å². The molecule has 1 saturated carbocycles. The lowest BCUT2D eigenvalue weighted by Gasteiger charge is -2.38. The van der Waals surface area contributed by atoms with Crippen molar-refractivity contribution in [3.8, 4) is 0 Å². The molecule has 0 amide bonds. The minimum atomic E-state index is -0.223. The highest BCUT2D eigenvalue weighted by molar-refractivity contribution is 5.70. The van der Waals surface area contributed by atoms with Crippen LogP contribution in [0.4, 0.5) is 0 Å². The summed E-state index contributed by atoms with van der Waals surface area (Å²) in [5.74, 6) is 0.453. The van der Waals surface area contributed by atoms with E-state index in [1.807, 2.05) is 0 Å². The van der Waals surface area contributed by atoms with Crippen molar-refractivity contribution in [1.82, 2.24) is 0 Å². The fourth-order valence-corrected chi connectivity index (χ4v) is 2.94. The summed E-state index contributed by atoms with van der Waals surface area (Å²) < 4.78 is 10.8. The fraction of sp³-hybridized carbons (Fsp3) is 0.933. The number of rotatable bonds is 6. The zero-order valence-corrected chi connectivity index (χ0v) is 12.3. The van der Waals surface area contributed by atoms with Crippen molar-refractivity contribution in [3.05, 3.63) is 0 Å². The second kappa shape index (κ2) is 7.13. The summed E-state index contributed by atoms with van der Waals surface area (Å²) in [7, 11) is 0. The van der Waals surface area contributed by atoms with Crippen molar-refractivity contribution in [1.29, 1.82) is 0 Å². The quantitative estimate of drug-likeness (QED) is 0.538. The minimum Gasteiger partial charge on any atom is -0.464 e. The van der Waals surface area contributed by atoms with Crippen molar-refractivity contribution < 1.29 is 14.3 Å². The molecule has 0 radical (unpaired) electrons. The molecule has 3 heteroatoms. The van der Waals surface area contributed by atoms with Crippen LogP contribution >= 0.6 is 0 Å². The maximum absolute atomic E-state index is 11.5. The molecule has 1 aliphatic rings. The lowest BCUT2D eigenvalue weighted by Crippen LogP contribution is -2.33. The van der Waals surface area contributed by atoms with Crippen LogP contribution < -0.4 is 0 Å². The summed E-state index contributed by atoms with van der Waals surface area (Å²) in [6.45, 7) is 9.52. The van der Waals surface area contributed by atoms with Crippen LogP contribution in [0.25, 0.3) is 0 Å². The predicted molar refractivity (Wildman–Crippen MR) is 72.4 cm³/mol. The van der Waals surface area contributed by atoms with Crippen LogP contribution in [0, 0.1) is 11.3 Å². The molecule has 0 saturated heterocycles. The Hall–Kier alpha value is -0.570. The second-order valence-electron chi connectivity index (χ2n) is 6.42. The Labute approximate surface area is 111 Å². The van der Waals surface area contributed by atoms with E-state index in [9.17, 15) is 4.79 Å². The molecule has 1 rings (SSSR count). The average molecular weight is 256 g/mol. The van der Waals surface area contributed by atoms with Gasteiger partial charge in [0.2, 0.25) is 0 Å². The zero-order chi connectivity index (χ0) is 13.6. The van der Waals surface area contributed by atoms with Crippen LogP contribution in [0.15, 0.2) is 0 Å². The average Bonchev–Trinajstić information content (AvgIpc) is 2.24. The third kappa shape index (κ3) is 5.85. The first-order chi connectivity index (χ1) is 8.43. The molecule has 18 heavy (non-hydrogen) atoms. The summed E-state index contributed by atoms with van der Waals surface area (Å²) in [6, 6.07) is 0. The van der Waals surface area contributed by atoms with Gasteiger partial charge in [0.25, 0.3) is 0 Å². The van der Waals surface area contributed by atoms with E-state index >= 15 is 0 Å². The molecule has 0 aromatic carbocycles. The number of esters is 1. The number of carbonyl (C=O) groups is 1. The van der Waals surface area contributed by atoms with Crippen LogP contribution in [0.1, 0.15) is 59.8 Å². The van der Waals surface area contributed by atoms with E-state index < -0.39 is 0 Å². The van der Waals surface area contributed by atoms with Gasteiger partial charge in [-0.3, -0.25) is 0 Å². The number of ether oxygens (including phenoxy) is 2. The van der Waals surface area contributed by atoms with Crippen LogP contribution in [-0.2, 0) is 14.3 Å². The molecule has 1 aliphatic carbocycles. The summed E-state index contributed by atoms with van der Waals surface area (Å²) in [5.41, 5.74) is 0.328. The van der Waals surface area contributed by atoms with Crippen LogP contribution in [0.5, 0.6) is 0 Å². The van der Waals surface area contributed by atoms with E-state index in [2.05, 4.69) is 27.7 Å². The molecule has 106 valence electrons. The van der Waals surface area contributed by atoms with Gasteiger partial charge in [-0.25, -0.2) is 4.79 Å². The Bertz CT molecular complexity index is 260. The topological polar surface area (TPSA) is 35.5 Å². The Balaban J connectivity index is 2.24. The van der Waals surface area contributed by atoms with Gasteiger partial charge in [-0.15, -0.1) is 0 Å². The third-order valence-electron chi connectivity index (χ3n) is 3.54. The van der Waals surface area contributed by atoms with Gasteiger partial charge >= 0.3 is 5.97 Å². The number of hydrogen-bond donors (Lipinski definition) is 0. The molecule has 3 nitrogen and oxygen atoms in total. The molecule has 2 atom stereocenters. The summed E-state index contributed by atoms with van der Waals surface area (Å²) in [5, 5.41) is 0. The molecular weight excluding hydrogens is 228 g/mol. The molecule has 2 unspecified atom stereocenters. The lowest BCUT2D eigenvalue weighted by molar-refractivity contribution is -0.153. The standard InChI is InChI=1S/C15H28O3/c1-5-6-7-17-14(16)11-18-13-8-12(2)9-15(3,4)10-13/h12-13H,5-11H2,1-4H3. The van der Waals surface area contributed by atoms with Gasteiger partial charge in [0.15, 0.2) is 0 Å². The van der Waals surface area contributed by atoms with Gasteiger partial charge in [-0.05, 0) is 37.0 Å². The Morgan fingerprint density at radius 2 is 2.06 bits per heavy atom. The maximum atomic E-state index is 11.5. The Kier molecular flexibility index (Phi) is 6.13. The van der Waals surface area contributed by atoms with Crippen LogP contribution in [-0.4, -0.2) is 25.3 Å². The summed E-state index contributed by atoms with van der Waals surface area (Å²) in [4.78, 5) is 11.5. The summed E-state index contributed by atoms with van der Waals surface area (Å²) >= 11 is 0. The van der Waals surface area contributed by atoms with E-state index in [4.69, 9.17) is 9.47 Å². The van der Waals surface area contributed by atoms with E-state index in [0.29, 0.717) is 17.9 Å². The van der Waals surface area contributed by atoms with E-state index in [-0.39, 0.29) is 18.7 Å². The first-order valence-electron chi connectivity index (χ1n) is 7.20. The monoisotopic (exact) mass is 256 g/mol. The SMILES string of the molecule is CCCCOC(=O)COC1CC(C)CC(C)(C)C1. The number of hydrogen-bond acceptors (Lipinski definition) is 3. The van der Waals surface area contributed by atoms with E-state index in [1.54, 1.807) is 0 Å². The van der Waals surface area contributed by atoms with Crippen molar-refractivity contribution in [3.63, 3.8) is 0 Å². The molecule has 0 N–H and O–H groups in total. The molecule has 0 bridgehead atoms. The number of carbonyl (C=O) groups excluding carboxylic acids is 1. The Morgan fingerprint density at radius 1 is 1.33 bits per heavy atom. The van der Waals surface area contributed by atoms with E-state index in [1.165, 1.54) is 6.42 Å². The highest BCUT2D eigenvalue weighted by Gasteiger charge is 2.32. The summed E-state index contributed by atoms with van der Waals surface area (Å²) in [6.07, 6.45) is 5.53. The highest BCUT2D eigenvalue weighted by Crippen LogP contribution is 2.39. The van der Waals surface area contributed by atoms with Crippen LogP contribution in [0.2, 0.25) is 0 Å². The van der Waals surface area contributed by atoms with Gasteiger partial charge in [0, 0.05) is 0 Å². The predicted octanol–water partition coefficient (Wildman–Crippen LogP) is 3.56. The normalized spacial score (nSPS) is 26.9. The first kappa shape index (κ1) is 15.5. The van der Waals surface area contributed by atoms with Gasteiger partial charge < -0.3 is 9.47 Å². The molecule has 0 aromatic rings. The minimum absolute atomic E-state index is 0.108. The van der Waals surface area contributed by atoms with Crippen LogP contribution in [0.3, 0.4) is 0 Å². The van der Waals surface area contributed by atoms with Gasteiger partial charge in [0.05, 0.1) is 12.7 Å². The van der Waals surface area contributed by atoms with Crippen molar-refractivity contribution in [2.45, 2.75) is 65.9 Å². The maximum Gasteiger partial charge on any atom is 0.332 e. The molecule has 0 aliphatic heterocycles. The molecule has 1 fully saturated rings. The lowest BCUT2D eigenvalue weighted by atomic mass is 9.71. The molecule has 0 heterocycles. The van der Waals surface area contributed by atoms with Gasteiger partial charge in [-0.1, -0.05) is 34.1 Å². The first-order valence-corrected chi connectivity index (χ1v) is 7.20. The highest BCUT2D eigenvalue weighted by atomic mass is 16.6. The molecule has 0 spiro atoms. The van der Waals surface area contributed by atoms with E-state index in [0.717, 1.165) is 25.7 Å². The zero-order valence-electron chi connectivity index (χ0n) is 12.3. The third-order valence-corrected chi connectivity index (χ3v) is 3.54. The fourth-order valence-electron chi connectivity index (χ4n) is 2.94. The Morgan fingerprint density at radius 3 is 2.67 bits per heavy atom. The van der Waals surface area contributed by atoms with Crippen molar-refractivity contribution in [2.24, 2.45) is 11.3 Å².